The lowest BCUT2D eigenvalue weighted by Gasteiger charge is -2.29. The van der Waals surface area contributed by atoms with Crippen molar-refractivity contribution in [1.82, 2.24) is 0 Å². The van der Waals surface area contributed by atoms with Crippen LogP contribution in [0.15, 0.2) is 88.7 Å². The molecule has 2 nitrogen and oxygen atoms in total. The molecule has 4 rings (SSSR count). The van der Waals surface area contributed by atoms with Crippen molar-refractivity contribution < 1.29 is 9.47 Å². The van der Waals surface area contributed by atoms with Gasteiger partial charge in [-0.2, -0.15) is 0 Å². The third-order valence-electron chi connectivity index (χ3n) is 5.20. The molecule has 1 aliphatic rings. The summed E-state index contributed by atoms with van der Waals surface area (Å²) in [7, 11) is 0. The number of rotatable bonds is 5. The lowest BCUT2D eigenvalue weighted by molar-refractivity contribution is -0.164. The van der Waals surface area contributed by atoms with Crippen LogP contribution in [0.25, 0.3) is 11.1 Å². The van der Waals surface area contributed by atoms with E-state index in [1.165, 1.54) is 26.5 Å². The Morgan fingerprint density at radius 3 is 2.18 bits per heavy atom. The lowest BCUT2D eigenvalue weighted by atomic mass is 9.92. The Kier molecular flexibility index (Phi) is 5.33. The van der Waals surface area contributed by atoms with E-state index in [0.29, 0.717) is 6.61 Å². The first kappa shape index (κ1) is 19.3. The summed E-state index contributed by atoms with van der Waals surface area (Å²) in [6.07, 6.45) is 0.883. The molecule has 1 unspecified atom stereocenters. The first-order valence-electron chi connectivity index (χ1n) is 9.78. The Bertz CT molecular complexity index is 952. The van der Waals surface area contributed by atoms with Crippen LogP contribution in [0.3, 0.4) is 0 Å². The summed E-state index contributed by atoms with van der Waals surface area (Å²) >= 11 is 1.78. The van der Waals surface area contributed by atoms with E-state index < -0.39 is 5.79 Å². The molecule has 3 aromatic rings. The highest BCUT2D eigenvalue weighted by Crippen LogP contribution is 2.42. The van der Waals surface area contributed by atoms with E-state index >= 15 is 0 Å². The van der Waals surface area contributed by atoms with E-state index in [2.05, 4.69) is 79.7 Å². The molecule has 1 aliphatic heterocycles. The third kappa shape index (κ3) is 4.02. The van der Waals surface area contributed by atoms with Gasteiger partial charge in [-0.25, -0.2) is 0 Å². The molecular formula is C25H26O2S. The topological polar surface area (TPSA) is 18.5 Å². The maximum absolute atomic E-state index is 6.32. The maximum Gasteiger partial charge on any atom is 0.164 e. The van der Waals surface area contributed by atoms with E-state index in [4.69, 9.17) is 9.47 Å². The first-order valence-corrected chi connectivity index (χ1v) is 10.6. The standard InChI is InChI=1S/C25H26O2S/c1-4-25(18-26-24(2,3)27-25)21-13-9-15-23(17-21)28-22-14-8-12-20(16-22)19-10-6-5-7-11-19/h5-17H,4,18H2,1-3H3. The Labute approximate surface area is 171 Å². The van der Waals surface area contributed by atoms with Crippen LogP contribution < -0.4 is 0 Å². The molecule has 28 heavy (non-hydrogen) atoms. The third-order valence-corrected chi connectivity index (χ3v) is 6.18. The van der Waals surface area contributed by atoms with Gasteiger partial charge in [-0.3, -0.25) is 0 Å². The minimum Gasteiger partial charge on any atom is -0.347 e. The SMILES string of the molecule is CCC1(c2cccc(Sc3cccc(-c4ccccc4)c3)c2)COC(C)(C)O1. The van der Waals surface area contributed by atoms with E-state index in [9.17, 15) is 0 Å². The Hall–Kier alpha value is -2.07. The molecule has 0 aromatic heterocycles. The monoisotopic (exact) mass is 390 g/mol. The minimum atomic E-state index is -0.539. The zero-order valence-electron chi connectivity index (χ0n) is 16.6. The van der Waals surface area contributed by atoms with E-state index in [0.717, 1.165) is 6.42 Å². The van der Waals surface area contributed by atoms with E-state index in [1.54, 1.807) is 11.8 Å². The smallest absolute Gasteiger partial charge is 0.164 e. The maximum atomic E-state index is 6.32. The van der Waals surface area contributed by atoms with Crippen molar-refractivity contribution >= 4 is 11.8 Å². The summed E-state index contributed by atoms with van der Waals surface area (Å²) in [4.78, 5) is 2.44. The molecule has 0 saturated carbocycles. The zero-order chi connectivity index (χ0) is 19.6. The summed E-state index contributed by atoms with van der Waals surface area (Å²) in [5.74, 6) is -0.539. The molecular weight excluding hydrogens is 364 g/mol. The number of hydrogen-bond donors (Lipinski definition) is 0. The average Bonchev–Trinajstić information content (AvgIpc) is 3.05. The van der Waals surface area contributed by atoms with Crippen LogP contribution in [-0.2, 0) is 15.1 Å². The number of benzene rings is 3. The molecule has 3 aromatic carbocycles. The van der Waals surface area contributed by atoms with E-state index in [-0.39, 0.29) is 5.60 Å². The molecule has 1 fully saturated rings. The molecule has 1 atom stereocenters. The van der Waals surface area contributed by atoms with Crippen molar-refractivity contribution in [2.24, 2.45) is 0 Å². The quantitative estimate of drug-likeness (QED) is 0.472. The average molecular weight is 391 g/mol. The van der Waals surface area contributed by atoms with Crippen LogP contribution in [-0.4, -0.2) is 12.4 Å². The van der Waals surface area contributed by atoms with Gasteiger partial charge in [0.05, 0.1) is 6.61 Å². The van der Waals surface area contributed by atoms with Gasteiger partial charge in [-0.1, -0.05) is 73.3 Å². The molecule has 0 bridgehead atoms. The van der Waals surface area contributed by atoms with Crippen molar-refractivity contribution in [2.75, 3.05) is 6.61 Å². The minimum absolute atomic E-state index is 0.369. The van der Waals surface area contributed by atoms with Gasteiger partial charge < -0.3 is 9.47 Å². The number of ether oxygens (including phenoxy) is 2. The van der Waals surface area contributed by atoms with Gasteiger partial charge >= 0.3 is 0 Å². The van der Waals surface area contributed by atoms with Crippen LogP contribution in [0, 0.1) is 0 Å². The fourth-order valence-corrected chi connectivity index (χ4v) is 4.63. The normalized spacial score (nSPS) is 21.0. The van der Waals surface area contributed by atoms with Gasteiger partial charge in [0, 0.05) is 9.79 Å². The second kappa shape index (κ2) is 7.75. The summed E-state index contributed by atoms with van der Waals surface area (Å²) in [5.41, 5.74) is 3.29. The van der Waals surface area contributed by atoms with Gasteiger partial charge in [0.2, 0.25) is 0 Å². The molecule has 144 valence electrons. The van der Waals surface area contributed by atoms with Gasteiger partial charge in [0.15, 0.2) is 5.79 Å². The van der Waals surface area contributed by atoms with Crippen molar-refractivity contribution in [3.63, 3.8) is 0 Å². The van der Waals surface area contributed by atoms with Crippen LogP contribution in [0.2, 0.25) is 0 Å². The fraction of sp³-hybridized carbons (Fsp3) is 0.280. The van der Waals surface area contributed by atoms with Crippen LogP contribution >= 0.6 is 11.8 Å². The highest BCUT2D eigenvalue weighted by Gasteiger charge is 2.45. The highest BCUT2D eigenvalue weighted by molar-refractivity contribution is 7.99. The summed E-state index contributed by atoms with van der Waals surface area (Å²) in [6, 6.07) is 27.9. The molecule has 1 saturated heterocycles. The van der Waals surface area contributed by atoms with Crippen molar-refractivity contribution in [2.45, 2.75) is 48.4 Å². The summed E-state index contributed by atoms with van der Waals surface area (Å²) in [5, 5.41) is 0. The Morgan fingerprint density at radius 2 is 1.50 bits per heavy atom. The molecule has 0 amide bonds. The van der Waals surface area contributed by atoms with Crippen molar-refractivity contribution in [3.05, 3.63) is 84.4 Å². The van der Waals surface area contributed by atoms with Gasteiger partial charge in [-0.05, 0) is 61.2 Å². The lowest BCUT2D eigenvalue weighted by Crippen LogP contribution is -2.31. The van der Waals surface area contributed by atoms with Crippen LogP contribution in [0.4, 0.5) is 0 Å². The first-order chi connectivity index (χ1) is 13.5. The van der Waals surface area contributed by atoms with E-state index in [1.807, 2.05) is 19.9 Å². The molecule has 0 aliphatic carbocycles. The van der Waals surface area contributed by atoms with Crippen molar-refractivity contribution in [1.29, 1.82) is 0 Å². The second-order valence-electron chi connectivity index (χ2n) is 7.66. The Morgan fingerprint density at radius 1 is 0.821 bits per heavy atom. The molecule has 0 N–H and O–H groups in total. The molecule has 0 spiro atoms. The fourth-order valence-electron chi connectivity index (χ4n) is 3.69. The summed E-state index contributed by atoms with van der Waals surface area (Å²) in [6.45, 7) is 6.72. The molecule has 1 heterocycles. The van der Waals surface area contributed by atoms with Crippen molar-refractivity contribution in [3.8, 4) is 11.1 Å². The summed E-state index contributed by atoms with van der Waals surface area (Å²) < 4.78 is 12.2. The largest absolute Gasteiger partial charge is 0.347 e. The zero-order valence-corrected chi connectivity index (χ0v) is 17.5. The van der Waals surface area contributed by atoms with Crippen LogP contribution in [0.1, 0.15) is 32.8 Å². The predicted octanol–water partition coefficient (Wildman–Crippen LogP) is 6.89. The predicted molar refractivity (Wildman–Crippen MR) is 116 cm³/mol. The second-order valence-corrected chi connectivity index (χ2v) is 8.81. The van der Waals surface area contributed by atoms with Gasteiger partial charge in [0.25, 0.3) is 0 Å². The molecule has 3 heteroatoms. The highest BCUT2D eigenvalue weighted by atomic mass is 32.2. The Balaban J connectivity index is 1.59. The number of hydrogen-bond acceptors (Lipinski definition) is 3. The van der Waals surface area contributed by atoms with Crippen LogP contribution in [0.5, 0.6) is 0 Å². The van der Waals surface area contributed by atoms with Gasteiger partial charge in [0.1, 0.15) is 5.60 Å². The van der Waals surface area contributed by atoms with Gasteiger partial charge in [-0.15, -0.1) is 0 Å². The molecule has 0 radical (unpaired) electrons.